The number of aryl methyl sites for hydroxylation is 1. The van der Waals surface area contributed by atoms with Gasteiger partial charge in [-0.25, -0.2) is 19.3 Å². The smallest absolute Gasteiger partial charge is 0.223 e. The van der Waals surface area contributed by atoms with Crippen molar-refractivity contribution in [1.29, 1.82) is 0 Å². The molecule has 0 radical (unpaired) electrons. The number of piperidine rings is 1. The predicted octanol–water partition coefficient (Wildman–Crippen LogP) is 5.10. The van der Waals surface area contributed by atoms with Crippen molar-refractivity contribution < 1.29 is 4.39 Å². The summed E-state index contributed by atoms with van der Waals surface area (Å²) in [5.41, 5.74) is 3.34. The van der Waals surface area contributed by atoms with Crippen molar-refractivity contribution in [2.45, 2.75) is 44.6 Å². The molecule has 5 nitrogen and oxygen atoms in total. The second-order valence-corrected chi connectivity index (χ2v) is 9.49. The van der Waals surface area contributed by atoms with E-state index in [1.807, 2.05) is 24.4 Å². The molecule has 156 valence electrons. The molecule has 2 aliphatic rings. The third-order valence-electron chi connectivity index (χ3n) is 5.94. The lowest BCUT2D eigenvalue weighted by Gasteiger charge is -2.27. The van der Waals surface area contributed by atoms with Crippen LogP contribution in [0.25, 0.3) is 21.8 Å². The first-order chi connectivity index (χ1) is 14.6. The van der Waals surface area contributed by atoms with Crippen LogP contribution in [0, 0.1) is 12.7 Å². The second-order valence-electron chi connectivity index (χ2n) is 8.46. The maximum absolute atomic E-state index is 13.9. The first kappa shape index (κ1) is 19.6. The molecule has 1 N–H and O–H groups in total. The van der Waals surface area contributed by atoms with Gasteiger partial charge >= 0.3 is 0 Å². The van der Waals surface area contributed by atoms with Gasteiger partial charge < -0.3 is 10.2 Å². The van der Waals surface area contributed by atoms with Gasteiger partial charge in [-0.15, -0.1) is 11.3 Å². The zero-order valence-corrected chi connectivity index (χ0v) is 18.2. The van der Waals surface area contributed by atoms with E-state index in [0.29, 0.717) is 23.5 Å². The number of benzene rings is 1. The molecule has 0 spiro atoms. The van der Waals surface area contributed by atoms with Crippen LogP contribution < -0.4 is 5.32 Å². The standard InChI is InChI=1S/C23H26FN5S/c1-14-13-16(3-6-18(14)24)20-21(19-7-10-25-23(27-19)26-17-4-5-17)30-22(28-20)15-8-11-29(2)12-9-15/h3,6-7,10,13,15,17H,4-5,8-9,11-12H2,1-2H3,(H,25,26,27). The largest absolute Gasteiger partial charge is 0.351 e. The molecule has 1 aliphatic carbocycles. The molecular weight excluding hydrogens is 397 g/mol. The molecule has 7 heteroatoms. The van der Waals surface area contributed by atoms with E-state index < -0.39 is 0 Å². The van der Waals surface area contributed by atoms with Crippen LogP contribution in [0.15, 0.2) is 30.5 Å². The number of likely N-dealkylation sites (tertiary alicyclic amines) is 1. The van der Waals surface area contributed by atoms with Gasteiger partial charge in [-0.3, -0.25) is 0 Å². The van der Waals surface area contributed by atoms with Crippen LogP contribution in [0.2, 0.25) is 0 Å². The number of hydrogen-bond acceptors (Lipinski definition) is 6. The summed E-state index contributed by atoms with van der Waals surface area (Å²) in [6.45, 7) is 3.98. The lowest BCUT2D eigenvalue weighted by Crippen LogP contribution is -2.29. The van der Waals surface area contributed by atoms with Gasteiger partial charge in [-0.05, 0) is 82.6 Å². The average molecular weight is 424 g/mol. The van der Waals surface area contributed by atoms with Crippen LogP contribution in [-0.2, 0) is 0 Å². The van der Waals surface area contributed by atoms with Gasteiger partial charge in [-0.1, -0.05) is 0 Å². The van der Waals surface area contributed by atoms with Crippen LogP contribution in [0.3, 0.4) is 0 Å². The van der Waals surface area contributed by atoms with Crippen LogP contribution >= 0.6 is 11.3 Å². The van der Waals surface area contributed by atoms with Crippen LogP contribution in [-0.4, -0.2) is 46.0 Å². The Labute approximate surface area is 180 Å². The topological polar surface area (TPSA) is 53.9 Å². The molecule has 3 heterocycles. The number of halogens is 1. The number of hydrogen-bond donors (Lipinski definition) is 1. The summed E-state index contributed by atoms with van der Waals surface area (Å²) in [6, 6.07) is 7.68. The number of thiazole rings is 1. The van der Waals surface area contributed by atoms with Gasteiger partial charge in [0, 0.05) is 23.7 Å². The highest BCUT2D eigenvalue weighted by Crippen LogP contribution is 2.41. The molecule has 1 saturated heterocycles. The monoisotopic (exact) mass is 423 g/mol. The summed E-state index contributed by atoms with van der Waals surface area (Å²) in [7, 11) is 2.17. The molecule has 2 fully saturated rings. The van der Waals surface area contributed by atoms with E-state index in [0.717, 1.165) is 52.8 Å². The molecular formula is C23H26FN5S. The Balaban J connectivity index is 1.56. The first-order valence-corrected chi connectivity index (χ1v) is 11.4. The van der Waals surface area contributed by atoms with E-state index in [-0.39, 0.29) is 5.82 Å². The quantitative estimate of drug-likeness (QED) is 0.619. The van der Waals surface area contributed by atoms with E-state index >= 15 is 0 Å². The lowest BCUT2D eigenvalue weighted by molar-refractivity contribution is 0.255. The molecule has 0 bridgehead atoms. The van der Waals surface area contributed by atoms with E-state index in [1.165, 1.54) is 18.9 Å². The molecule has 30 heavy (non-hydrogen) atoms. The predicted molar refractivity (Wildman–Crippen MR) is 119 cm³/mol. The Morgan fingerprint density at radius 1 is 1.10 bits per heavy atom. The maximum atomic E-state index is 13.9. The molecule has 0 unspecified atom stereocenters. The van der Waals surface area contributed by atoms with Gasteiger partial charge in [0.2, 0.25) is 5.95 Å². The molecule has 1 aliphatic heterocycles. The molecule has 3 aromatic rings. The van der Waals surface area contributed by atoms with Crippen molar-refractivity contribution in [1.82, 2.24) is 19.9 Å². The summed E-state index contributed by atoms with van der Waals surface area (Å²) < 4.78 is 13.9. The summed E-state index contributed by atoms with van der Waals surface area (Å²) in [5, 5.41) is 4.54. The average Bonchev–Trinajstić information content (AvgIpc) is 3.45. The molecule has 2 aromatic heterocycles. The van der Waals surface area contributed by atoms with Crippen LogP contribution in [0.4, 0.5) is 10.3 Å². The second kappa shape index (κ2) is 8.04. The van der Waals surface area contributed by atoms with Crippen LogP contribution in [0.1, 0.15) is 42.2 Å². The summed E-state index contributed by atoms with van der Waals surface area (Å²) in [4.78, 5) is 17.7. The number of nitrogens with zero attached hydrogens (tertiary/aromatic N) is 4. The van der Waals surface area contributed by atoms with Crippen molar-refractivity contribution in [3.05, 3.63) is 46.9 Å². The van der Waals surface area contributed by atoms with Gasteiger partial charge in [0.1, 0.15) is 5.82 Å². The zero-order valence-electron chi connectivity index (χ0n) is 17.4. The van der Waals surface area contributed by atoms with Crippen molar-refractivity contribution in [3.63, 3.8) is 0 Å². The highest BCUT2D eigenvalue weighted by Gasteiger charge is 2.26. The number of anilines is 1. The van der Waals surface area contributed by atoms with E-state index in [4.69, 9.17) is 9.97 Å². The molecule has 0 atom stereocenters. The van der Waals surface area contributed by atoms with Crippen molar-refractivity contribution in [3.8, 4) is 21.8 Å². The zero-order chi connectivity index (χ0) is 20.7. The number of aromatic nitrogens is 3. The lowest BCUT2D eigenvalue weighted by atomic mass is 9.98. The minimum atomic E-state index is -0.191. The molecule has 5 rings (SSSR count). The maximum Gasteiger partial charge on any atom is 0.223 e. The minimum Gasteiger partial charge on any atom is -0.351 e. The molecule has 0 amide bonds. The molecule has 1 saturated carbocycles. The summed E-state index contributed by atoms with van der Waals surface area (Å²) in [6.07, 6.45) is 6.39. The highest BCUT2D eigenvalue weighted by molar-refractivity contribution is 7.15. The fourth-order valence-electron chi connectivity index (χ4n) is 3.89. The van der Waals surface area contributed by atoms with Crippen molar-refractivity contribution in [2.24, 2.45) is 0 Å². The fourth-order valence-corrected chi connectivity index (χ4v) is 5.12. The number of nitrogens with one attached hydrogen (secondary N) is 1. The van der Waals surface area contributed by atoms with Gasteiger partial charge in [0.15, 0.2) is 0 Å². The summed E-state index contributed by atoms with van der Waals surface area (Å²) in [5.74, 6) is 0.945. The first-order valence-electron chi connectivity index (χ1n) is 10.6. The van der Waals surface area contributed by atoms with Crippen molar-refractivity contribution in [2.75, 3.05) is 25.5 Å². The van der Waals surface area contributed by atoms with E-state index in [1.54, 1.807) is 18.3 Å². The fraction of sp³-hybridized carbons (Fsp3) is 0.435. The Morgan fingerprint density at radius 2 is 1.90 bits per heavy atom. The summed E-state index contributed by atoms with van der Waals surface area (Å²) >= 11 is 1.73. The third-order valence-corrected chi connectivity index (χ3v) is 7.18. The Morgan fingerprint density at radius 3 is 2.63 bits per heavy atom. The number of rotatable bonds is 5. The van der Waals surface area contributed by atoms with Gasteiger partial charge in [-0.2, -0.15) is 0 Å². The van der Waals surface area contributed by atoms with Gasteiger partial charge in [0.05, 0.1) is 21.3 Å². The van der Waals surface area contributed by atoms with E-state index in [2.05, 4.69) is 22.2 Å². The van der Waals surface area contributed by atoms with Gasteiger partial charge in [0.25, 0.3) is 0 Å². The SMILES string of the molecule is Cc1cc(-c2nc(C3CCN(C)CC3)sc2-c2ccnc(NC3CC3)n2)ccc1F. The van der Waals surface area contributed by atoms with Crippen LogP contribution in [0.5, 0.6) is 0 Å². The van der Waals surface area contributed by atoms with Crippen molar-refractivity contribution >= 4 is 17.3 Å². The van der Waals surface area contributed by atoms with E-state index in [9.17, 15) is 4.39 Å². The molecule has 1 aromatic carbocycles. The minimum absolute atomic E-state index is 0.191. The Bertz CT molecular complexity index is 1050. The third kappa shape index (κ3) is 4.09. The Kier molecular flexibility index (Phi) is 5.25. The normalized spacial score (nSPS) is 18.0. The highest BCUT2D eigenvalue weighted by atomic mass is 32.1. The Hall–Kier alpha value is -2.38.